The second-order valence-electron chi connectivity index (χ2n) is 8.32. The molecule has 1 heterocycles. The van der Waals surface area contributed by atoms with Gasteiger partial charge < -0.3 is 19.1 Å². The number of methoxy groups -OCH3 is 3. The van der Waals surface area contributed by atoms with Crippen molar-refractivity contribution >= 4 is 17.8 Å². The molecular formula is C29H30N4O5. The van der Waals surface area contributed by atoms with Crippen molar-refractivity contribution in [2.75, 3.05) is 39.7 Å². The largest absolute Gasteiger partial charge is 0.497 e. The number of likely N-dealkylation sites (N-methyl/N-ethyl adjacent to an activating group) is 1. The molecule has 3 aromatic carbocycles. The molecule has 0 saturated carbocycles. The summed E-state index contributed by atoms with van der Waals surface area (Å²) >= 11 is 0. The van der Waals surface area contributed by atoms with Crippen LogP contribution in [0.2, 0.25) is 0 Å². The summed E-state index contributed by atoms with van der Waals surface area (Å²) < 4.78 is 17.8. The highest BCUT2D eigenvalue weighted by Crippen LogP contribution is 2.31. The van der Waals surface area contributed by atoms with Crippen LogP contribution in [0, 0.1) is 0 Å². The Morgan fingerprint density at radius 1 is 0.895 bits per heavy atom. The quantitative estimate of drug-likeness (QED) is 0.331. The Morgan fingerprint density at radius 3 is 2.24 bits per heavy atom. The number of imidazole rings is 1. The molecule has 196 valence electrons. The highest BCUT2D eigenvalue weighted by atomic mass is 16.5. The summed E-state index contributed by atoms with van der Waals surface area (Å²) in [5, 5.41) is 2.88. The summed E-state index contributed by atoms with van der Waals surface area (Å²) in [6.45, 7) is 2.05. The molecule has 0 aliphatic heterocycles. The van der Waals surface area contributed by atoms with Crippen LogP contribution in [0.5, 0.6) is 17.2 Å². The van der Waals surface area contributed by atoms with Gasteiger partial charge in [-0.25, -0.2) is 4.98 Å². The lowest BCUT2D eigenvalue weighted by Crippen LogP contribution is -2.38. The van der Waals surface area contributed by atoms with E-state index in [9.17, 15) is 9.59 Å². The van der Waals surface area contributed by atoms with Crippen LogP contribution in [0.3, 0.4) is 0 Å². The predicted octanol–water partition coefficient (Wildman–Crippen LogP) is 4.67. The van der Waals surface area contributed by atoms with Crippen molar-refractivity contribution in [2.45, 2.75) is 6.92 Å². The maximum atomic E-state index is 13.1. The van der Waals surface area contributed by atoms with Crippen LogP contribution >= 0.6 is 0 Å². The molecule has 0 saturated heterocycles. The lowest BCUT2D eigenvalue weighted by atomic mass is 10.2. The number of carbonyl (C=O) groups is 2. The van der Waals surface area contributed by atoms with Gasteiger partial charge in [0, 0.05) is 29.9 Å². The molecule has 0 spiro atoms. The minimum Gasteiger partial charge on any atom is -0.497 e. The van der Waals surface area contributed by atoms with Crippen LogP contribution < -0.4 is 19.5 Å². The van der Waals surface area contributed by atoms with Gasteiger partial charge >= 0.3 is 0 Å². The van der Waals surface area contributed by atoms with Crippen LogP contribution in [0.25, 0.3) is 16.9 Å². The van der Waals surface area contributed by atoms with Crippen molar-refractivity contribution in [3.8, 4) is 34.2 Å². The average molecular weight is 515 g/mol. The number of nitrogens with one attached hydrogen (secondary N) is 1. The molecule has 1 N–H and O–H groups in total. The molecule has 9 nitrogen and oxygen atoms in total. The summed E-state index contributed by atoms with van der Waals surface area (Å²) in [6, 6.07) is 21.9. The number of nitrogens with zero attached hydrogens (tertiary/aromatic N) is 3. The number of ether oxygens (including phenoxy) is 3. The molecule has 1 aromatic heterocycles. The molecule has 0 fully saturated rings. The zero-order chi connectivity index (χ0) is 27.1. The fourth-order valence-corrected chi connectivity index (χ4v) is 3.97. The van der Waals surface area contributed by atoms with Crippen LogP contribution in [0.1, 0.15) is 17.3 Å². The van der Waals surface area contributed by atoms with Crippen molar-refractivity contribution in [1.29, 1.82) is 0 Å². The fourth-order valence-electron chi connectivity index (χ4n) is 3.97. The first kappa shape index (κ1) is 26.3. The van der Waals surface area contributed by atoms with Crippen LogP contribution in [-0.4, -0.2) is 60.7 Å². The predicted molar refractivity (Wildman–Crippen MR) is 145 cm³/mol. The topological polar surface area (TPSA) is 94.9 Å². The monoisotopic (exact) mass is 514 g/mol. The van der Waals surface area contributed by atoms with Gasteiger partial charge in [0.15, 0.2) is 11.5 Å². The fraction of sp³-hybridized carbons (Fsp3) is 0.207. The van der Waals surface area contributed by atoms with Gasteiger partial charge in [0.2, 0.25) is 11.9 Å². The summed E-state index contributed by atoms with van der Waals surface area (Å²) in [5.74, 6) is 1.46. The Kier molecular flexibility index (Phi) is 8.27. The molecule has 0 radical (unpaired) electrons. The average Bonchev–Trinajstić information content (AvgIpc) is 3.39. The number of carbonyl (C=O) groups excluding carboxylic acids is 2. The van der Waals surface area contributed by atoms with Gasteiger partial charge in [-0.3, -0.25) is 19.5 Å². The third-order valence-corrected chi connectivity index (χ3v) is 6.01. The summed E-state index contributed by atoms with van der Waals surface area (Å²) in [4.78, 5) is 32.3. The number of anilines is 1. The Balaban J connectivity index is 1.61. The van der Waals surface area contributed by atoms with Gasteiger partial charge in [-0.1, -0.05) is 30.3 Å². The Labute approximate surface area is 221 Å². The standard InChI is InChI=1S/C29H30N4O5/c1-5-32(28(35)21-11-14-23(36-2)15-12-21)19-27(34)31-29-30-24(20-9-7-6-8-10-20)18-33(29)22-13-16-25(37-3)26(17-22)38-4/h6-18H,5,19H2,1-4H3,(H,30,31,34). The van der Waals surface area contributed by atoms with Gasteiger partial charge in [-0.05, 0) is 43.3 Å². The van der Waals surface area contributed by atoms with E-state index in [1.165, 1.54) is 4.90 Å². The molecule has 4 aromatic rings. The number of hydrogen-bond donors (Lipinski definition) is 1. The zero-order valence-corrected chi connectivity index (χ0v) is 21.8. The normalized spacial score (nSPS) is 10.5. The number of rotatable bonds is 10. The van der Waals surface area contributed by atoms with Crippen molar-refractivity contribution in [2.24, 2.45) is 0 Å². The van der Waals surface area contributed by atoms with Crippen molar-refractivity contribution in [1.82, 2.24) is 14.5 Å². The van der Waals surface area contributed by atoms with Gasteiger partial charge in [0.25, 0.3) is 5.91 Å². The molecule has 0 aliphatic rings. The van der Waals surface area contributed by atoms with Crippen LogP contribution in [0.4, 0.5) is 5.95 Å². The van der Waals surface area contributed by atoms with E-state index in [1.54, 1.807) is 62.3 Å². The highest BCUT2D eigenvalue weighted by Gasteiger charge is 2.20. The van der Waals surface area contributed by atoms with Crippen LogP contribution in [0.15, 0.2) is 79.0 Å². The number of hydrogen-bond acceptors (Lipinski definition) is 6. The van der Waals surface area contributed by atoms with E-state index in [1.807, 2.05) is 49.5 Å². The molecular weight excluding hydrogens is 484 g/mol. The molecule has 4 rings (SSSR count). The zero-order valence-electron chi connectivity index (χ0n) is 21.8. The molecule has 38 heavy (non-hydrogen) atoms. The Morgan fingerprint density at radius 2 is 1.61 bits per heavy atom. The van der Waals surface area contributed by atoms with E-state index in [0.29, 0.717) is 46.7 Å². The van der Waals surface area contributed by atoms with Crippen molar-refractivity contribution in [3.05, 3.63) is 84.6 Å². The van der Waals surface area contributed by atoms with E-state index in [2.05, 4.69) is 5.32 Å². The lowest BCUT2D eigenvalue weighted by molar-refractivity contribution is -0.116. The van der Waals surface area contributed by atoms with E-state index >= 15 is 0 Å². The van der Waals surface area contributed by atoms with Gasteiger partial charge in [-0.2, -0.15) is 0 Å². The first-order valence-electron chi connectivity index (χ1n) is 12.1. The van der Waals surface area contributed by atoms with E-state index < -0.39 is 0 Å². The first-order valence-corrected chi connectivity index (χ1v) is 12.1. The SMILES string of the molecule is CCN(CC(=O)Nc1nc(-c2ccccc2)cn1-c1ccc(OC)c(OC)c1)C(=O)c1ccc(OC)cc1. The number of benzene rings is 3. The first-order chi connectivity index (χ1) is 18.5. The minimum absolute atomic E-state index is 0.138. The van der Waals surface area contributed by atoms with Crippen molar-refractivity contribution in [3.63, 3.8) is 0 Å². The van der Waals surface area contributed by atoms with Crippen LogP contribution in [-0.2, 0) is 4.79 Å². The lowest BCUT2D eigenvalue weighted by Gasteiger charge is -2.20. The maximum Gasteiger partial charge on any atom is 0.254 e. The highest BCUT2D eigenvalue weighted by molar-refractivity contribution is 5.99. The number of amides is 2. The van der Waals surface area contributed by atoms with Gasteiger partial charge in [-0.15, -0.1) is 0 Å². The molecule has 0 unspecified atom stereocenters. The molecule has 0 bridgehead atoms. The second-order valence-corrected chi connectivity index (χ2v) is 8.32. The maximum absolute atomic E-state index is 13.1. The molecule has 2 amide bonds. The van der Waals surface area contributed by atoms with E-state index in [4.69, 9.17) is 19.2 Å². The second kappa shape index (κ2) is 12.0. The van der Waals surface area contributed by atoms with Gasteiger partial charge in [0.1, 0.15) is 12.3 Å². The minimum atomic E-state index is -0.374. The van der Waals surface area contributed by atoms with E-state index in [0.717, 1.165) is 5.56 Å². The summed E-state index contributed by atoms with van der Waals surface area (Å²) in [5.41, 5.74) is 2.76. The Hall–Kier alpha value is -4.79. The van der Waals surface area contributed by atoms with Gasteiger partial charge in [0.05, 0.1) is 32.7 Å². The third kappa shape index (κ3) is 5.78. The Bertz CT molecular complexity index is 1400. The molecule has 9 heteroatoms. The molecule has 0 aliphatic carbocycles. The van der Waals surface area contributed by atoms with E-state index in [-0.39, 0.29) is 18.4 Å². The molecule has 0 atom stereocenters. The third-order valence-electron chi connectivity index (χ3n) is 6.01. The smallest absolute Gasteiger partial charge is 0.254 e. The number of aromatic nitrogens is 2. The van der Waals surface area contributed by atoms with Crippen molar-refractivity contribution < 1.29 is 23.8 Å². The summed E-state index contributed by atoms with van der Waals surface area (Å²) in [7, 11) is 4.70. The summed E-state index contributed by atoms with van der Waals surface area (Å²) in [6.07, 6.45) is 1.84.